The number of anilines is 1. The van der Waals surface area contributed by atoms with Crippen LogP contribution in [-0.2, 0) is 0 Å². The molecule has 0 aliphatic heterocycles. The van der Waals surface area contributed by atoms with E-state index in [-0.39, 0.29) is 0 Å². The van der Waals surface area contributed by atoms with Crippen molar-refractivity contribution in [3.63, 3.8) is 0 Å². The quantitative estimate of drug-likeness (QED) is 0.661. The molecule has 82 valence electrons. The van der Waals surface area contributed by atoms with Crippen LogP contribution >= 0.6 is 27.5 Å². The number of hydrazine groups is 1. The van der Waals surface area contributed by atoms with Crippen LogP contribution in [0.2, 0.25) is 5.02 Å². The summed E-state index contributed by atoms with van der Waals surface area (Å²) in [5.41, 5.74) is 3.95. The number of nitrogen functional groups attached to an aromatic ring is 1. The van der Waals surface area contributed by atoms with Gasteiger partial charge in [-0.05, 0) is 24.3 Å². The minimum Gasteiger partial charge on any atom is -0.307 e. The lowest BCUT2D eigenvalue weighted by atomic mass is 10.1. The van der Waals surface area contributed by atoms with Crippen LogP contribution in [-0.4, -0.2) is 10.2 Å². The van der Waals surface area contributed by atoms with E-state index in [1.54, 1.807) is 12.1 Å². The van der Waals surface area contributed by atoms with Gasteiger partial charge in [0.1, 0.15) is 0 Å². The zero-order valence-electron chi connectivity index (χ0n) is 8.11. The second-order valence-corrected chi connectivity index (χ2v) is 4.40. The number of halogens is 2. The fourth-order valence-corrected chi connectivity index (χ4v) is 2.02. The van der Waals surface area contributed by atoms with Crippen LogP contribution in [0.3, 0.4) is 0 Å². The number of nitrogens with one attached hydrogen (secondary N) is 1. The van der Waals surface area contributed by atoms with E-state index in [0.29, 0.717) is 16.5 Å². The first-order valence-corrected chi connectivity index (χ1v) is 5.63. The Morgan fingerprint density at radius 3 is 2.56 bits per heavy atom. The van der Waals surface area contributed by atoms with Crippen LogP contribution in [0, 0.1) is 0 Å². The zero-order valence-corrected chi connectivity index (χ0v) is 10.5. The summed E-state index contributed by atoms with van der Waals surface area (Å²) in [7, 11) is 0. The highest BCUT2D eigenvalue weighted by atomic mass is 79.9. The Morgan fingerprint density at radius 2 is 2.00 bits per heavy atom. The molecular weight excluding hydrogens is 291 g/mol. The number of nitrogens with zero attached hydrogens (tertiary/aromatic N) is 2. The van der Waals surface area contributed by atoms with E-state index in [2.05, 4.69) is 31.6 Å². The topological polar surface area (TPSA) is 63.8 Å². The van der Waals surface area contributed by atoms with Crippen LogP contribution in [0.15, 0.2) is 34.8 Å². The Hall–Kier alpha value is -1.17. The van der Waals surface area contributed by atoms with E-state index in [1.807, 2.05) is 18.2 Å². The number of rotatable bonds is 2. The molecule has 1 aromatic heterocycles. The van der Waals surface area contributed by atoms with Gasteiger partial charge in [0.05, 0.1) is 10.7 Å². The summed E-state index contributed by atoms with van der Waals surface area (Å²) in [4.78, 5) is 0. The Bertz CT molecular complexity index is 501. The molecule has 0 atom stereocenters. The third kappa shape index (κ3) is 2.32. The maximum absolute atomic E-state index is 6.10. The largest absolute Gasteiger partial charge is 0.307 e. The van der Waals surface area contributed by atoms with Crippen LogP contribution in [0.1, 0.15) is 0 Å². The van der Waals surface area contributed by atoms with E-state index >= 15 is 0 Å². The fraction of sp³-hybridized carbons (Fsp3) is 0. The molecule has 3 N–H and O–H groups in total. The van der Waals surface area contributed by atoms with Gasteiger partial charge < -0.3 is 5.43 Å². The summed E-state index contributed by atoms with van der Waals surface area (Å²) < 4.78 is 0.925. The van der Waals surface area contributed by atoms with Gasteiger partial charge in [-0.15, -0.1) is 10.2 Å². The molecule has 2 rings (SSSR count). The van der Waals surface area contributed by atoms with Gasteiger partial charge in [-0.25, -0.2) is 5.84 Å². The number of nitrogens with two attached hydrogens (primary N) is 1. The Balaban J connectivity index is 2.42. The average Bonchev–Trinajstić information content (AvgIpc) is 2.29. The van der Waals surface area contributed by atoms with Gasteiger partial charge in [0.25, 0.3) is 0 Å². The first-order valence-electron chi connectivity index (χ1n) is 4.46. The first-order chi connectivity index (χ1) is 7.70. The third-order valence-corrected chi connectivity index (χ3v) is 2.83. The van der Waals surface area contributed by atoms with Gasteiger partial charge in [0.15, 0.2) is 5.82 Å². The molecule has 0 aliphatic rings. The van der Waals surface area contributed by atoms with E-state index in [4.69, 9.17) is 17.4 Å². The highest BCUT2D eigenvalue weighted by molar-refractivity contribution is 9.10. The van der Waals surface area contributed by atoms with Gasteiger partial charge in [-0.1, -0.05) is 33.6 Å². The molecule has 6 heteroatoms. The lowest BCUT2D eigenvalue weighted by molar-refractivity contribution is 1.03. The second-order valence-electron chi connectivity index (χ2n) is 3.07. The molecule has 0 saturated carbocycles. The fourth-order valence-electron chi connectivity index (χ4n) is 1.25. The highest BCUT2D eigenvalue weighted by Crippen LogP contribution is 2.28. The number of benzene rings is 1. The molecule has 0 aliphatic carbocycles. The number of hydrogen-bond acceptors (Lipinski definition) is 4. The van der Waals surface area contributed by atoms with Crippen molar-refractivity contribution in [1.82, 2.24) is 10.2 Å². The molecule has 0 saturated heterocycles. The third-order valence-electron chi connectivity index (χ3n) is 2.02. The molecular formula is C10H8BrClN4. The van der Waals surface area contributed by atoms with Gasteiger partial charge in [0.2, 0.25) is 0 Å². The van der Waals surface area contributed by atoms with Gasteiger partial charge in [-0.2, -0.15) is 0 Å². The van der Waals surface area contributed by atoms with Crippen molar-refractivity contribution in [1.29, 1.82) is 0 Å². The van der Waals surface area contributed by atoms with Crippen molar-refractivity contribution in [2.24, 2.45) is 5.84 Å². The molecule has 0 spiro atoms. The summed E-state index contributed by atoms with van der Waals surface area (Å²) in [6.45, 7) is 0. The smallest absolute Gasteiger partial charge is 0.162 e. The summed E-state index contributed by atoms with van der Waals surface area (Å²) in [5, 5.41) is 8.52. The molecule has 2 aromatic rings. The second kappa shape index (κ2) is 4.78. The Labute approximate surface area is 106 Å². The first kappa shape index (κ1) is 11.3. The van der Waals surface area contributed by atoms with Crippen molar-refractivity contribution in [3.05, 3.63) is 39.8 Å². The van der Waals surface area contributed by atoms with E-state index in [1.165, 1.54) is 0 Å². The van der Waals surface area contributed by atoms with E-state index in [0.717, 1.165) is 10.0 Å². The standard InChI is InChI=1S/C10H8BrClN4/c11-6-1-2-7(8(12)5-6)9-3-4-10(14-13)16-15-9/h1-5H,13H2,(H,14,16). The molecule has 16 heavy (non-hydrogen) atoms. The van der Waals surface area contributed by atoms with Crippen LogP contribution in [0.25, 0.3) is 11.3 Å². The normalized spacial score (nSPS) is 10.2. The summed E-state index contributed by atoms with van der Waals surface area (Å²) in [5.74, 6) is 5.71. The summed E-state index contributed by atoms with van der Waals surface area (Å²) in [6, 6.07) is 9.13. The average molecular weight is 300 g/mol. The molecule has 0 radical (unpaired) electrons. The SMILES string of the molecule is NNc1ccc(-c2ccc(Br)cc2Cl)nn1. The number of aromatic nitrogens is 2. The highest BCUT2D eigenvalue weighted by Gasteiger charge is 2.05. The van der Waals surface area contributed by atoms with Gasteiger partial charge >= 0.3 is 0 Å². The summed E-state index contributed by atoms with van der Waals surface area (Å²) >= 11 is 9.44. The minimum atomic E-state index is 0.511. The summed E-state index contributed by atoms with van der Waals surface area (Å²) in [6.07, 6.45) is 0. The Kier molecular flexibility index (Phi) is 3.38. The molecule has 0 unspecified atom stereocenters. The molecule has 0 bridgehead atoms. The molecule has 1 heterocycles. The van der Waals surface area contributed by atoms with Crippen molar-refractivity contribution in [2.75, 3.05) is 5.43 Å². The molecule has 0 fully saturated rings. The van der Waals surface area contributed by atoms with E-state index < -0.39 is 0 Å². The van der Waals surface area contributed by atoms with Crippen LogP contribution < -0.4 is 11.3 Å². The van der Waals surface area contributed by atoms with Crippen molar-refractivity contribution in [2.45, 2.75) is 0 Å². The maximum Gasteiger partial charge on any atom is 0.162 e. The van der Waals surface area contributed by atoms with Crippen molar-refractivity contribution >= 4 is 33.3 Å². The van der Waals surface area contributed by atoms with Crippen LogP contribution in [0.4, 0.5) is 5.82 Å². The zero-order chi connectivity index (χ0) is 11.5. The monoisotopic (exact) mass is 298 g/mol. The molecule has 0 amide bonds. The predicted octanol–water partition coefficient (Wildman–Crippen LogP) is 2.85. The number of hydrogen-bond donors (Lipinski definition) is 2. The van der Waals surface area contributed by atoms with Crippen molar-refractivity contribution in [3.8, 4) is 11.3 Å². The Morgan fingerprint density at radius 1 is 1.19 bits per heavy atom. The lowest BCUT2D eigenvalue weighted by Crippen LogP contribution is -2.09. The molecule has 4 nitrogen and oxygen atoms in total. The van der Waals surface area contributed by atoms with Crippen LogP contribution in [0.5, 0.6) is 0 Å². The molecule has 1 aromatic carbocycles. The predicted molar refractivity (Wildman–Crippen MR) is 68.0 cm³/mol. The maximum atomic E-state index is 6.10. The van der Waals surface area contributed by atoms with E-state index in [9.17, 15) is 0 Å². The van der Waals surface area contributed by atoms with Crippen molar-refractivity contribution < 1.29 is 0 Å². The van der Waals surface area contributed by atoms with Gasteiger partial charge in [0, 0.05) is 10.0 Å². The lowest BCUT2D eigenvalue weighted by Gasteiger charge is -2.04. The minimum absolute atomic E-state index is 0.511. The van der Waals surface area contributed by atoms with Gasteiger partial charge in [-0.3, -0.25) is 0 Å².